The highest BCUT2D eigenvalue weighted by Gasteiger charge is 1.86. The number of hydrogen-bond acceptors (Lipinski definition) is 4. The summed E-state index contributed by atoms with van der Waals surface area (Å²) in [7, 11) is 1.77. The Balaban J connectivity index is 3.54. The van der Waals surface area contributed by atoms with Crippen LogP contribution in [0.2, 0.25) is 0 Å². The molecule has 0 saturated carbocycles. The van der Waals surface area contributed by atoms with Gasteiger partial charge in [-0.25, -0.2) is 0 Å². The van der Waals surface area contributed by atoms with E-state index in [1.165, 1.54) is 0 Å². The van der Waals surface area contributed by atoms with Crippen LogP contribution in [-0.4, -0.2) is 25.5 Å². The first-order chi connectivity index (χ1) is 3.85. The smallest absolute Gasteiger partial charge is 0.0913 e. The number of rotatable bonds is 3. The molecule has 0 heterocycles. The van der Waals surface area contributed by atoms with Gasteiger partial charge in [0.25, 0.3) is 0 Å². The molecule has 4 N–H and O–H groups in total. The zero-order valence-electron chi connectivity index (χ0n) is 4.81. The molecule has 0 radical (unpaired) electrons. The van der Waals surface area contributed by atoms with Crippen molar-refractivity contribution < 1.29 is 0 Å². The predicted molar refractivity (Wildman–Crippen MR) is 34.3 cm³/mol. The van der Waals surface area contributed by atoms with Crippen molar-refractivity contribution in [2.75, 3.05) is 13.6 Å². The fourth-order valence-electron chi connectivity index (χ4n) is 0.315. The number of nitrogens with one attached hydrogen (secondary N) is 2. The van der Waals surface area contributed by atoms with Gasteiger partial charge in [-0.05, 0) is 7.05 Å². The molecule has 4 nitrogen and oxygen atoms in total. The molecule has 0 spiro atoms. The van der Waals surface area contributed by atoms with Crippen LogP contribution >= 0.6 is 0 Å². The van der Waals surface area contributed by atoms with Gasteiger partial charge in [-0.15, -0.1) is 0 Å². The lowest BCUT2D eigenvalue weighted by Gasteiger charge is -1.92. The highest BCUT2D eigenvalue weighted by molar-refractivity contribution is 6.30. The van der Waals surface area contributed by atoms with Gasteiger partial charge >= 0.3 is 0 Å². The zero-order chi connectivity index (χ0) is 6.41. The Hall–Kier alpha value is -0.900. The molecule has 4 heteroatoms. The maximum absolute atomic E-state index is 6.69. The molecule has 0 aliphatic rings. The fourth-order valence-corrected chi connectivity index (χ4v) is 0.315. The second-order valence-electron chi connectivity index (χ2n) is 1.30. The summed E-state index contributed by atoms with van der Waals surface area (Å²) in [6.07, 6.45) is 1.12. The van der Waals surface area contributed by atoms with Crippen molar-refractivity contribution in [3.63, 3.8) is 0 Å². The van der Waals surface area contributed by atoms with Crippen molar-refractivity contribution in [3.8, 4) is 0 Å². The zero-order valence-corrected chi connectivity index (χ0v) is 4.81. The minimum Gasteiger partial charge on any atom is -0.323 e. The topological polar surface area (TPSA) is 74.3 Å². The number of nitrogens with zero attached hydrogens (tertiary/aromatic N) is 1. The Morgan fingerprint density at radius 1 is 2.00 bits per heavy atom. The van der Waals surface area contributed by atoms with Gasteiger partial charge in [-0.1, -0.05) is 0 Å². The molecule has 0 aromatic carbocycles. The third-order valence-corrected chi connectivity index (χ3v) is 0.690. The van der Waals surface area contributed by atoms with Gasteiger partial charge in [-0.2, -0.15) is 5.10 Å². The van der Waals surface area contributed by atoms with Gasteiger partial charge in [-0.3, -0.25) is 0 Å². The average Bonchev–Trinajstić information content (AvgIpc) is 1.83. The van der Waals surface area contributed by atoms with Crippen LogP contribution in [0.15, 0.2) is 5.10 Å². The van der Waals surface area contributed by atoms with E-state index < -0.39 is 0 Å². The summed E-state index contributed by atoms with van der Waals surface area (Å²) >= 11 is 0. The molecule has 0 rings (SSSR count). The third kappa shape index (κ3) is 2.30. The Kier molecular flexibility index (Phi) is 3.78. The first-order valence-electron chi connectivity index (χ1n) is 2.27. The van der Waals surface area contributed by atoms with Crippen LogP contribution in [0.1, 0.15) is 0 Å². The molecule has 0 aromatic rings. The van der Waals surface area contributed by atoms with Crippen LogP contribution in [-0.2, 0) is 0 Å². The molecule has 0 fully saturated rings. The van der Waals surface area contributed by atoms with Crippen LogP contribution in [0.5, 0.6) is 0 Å². The van der Waals surface area contributed by atoms with E-state index in [1.807, 2.05) is 0 Å². The number of hydrogen-bond donors (Lipinski definition) is 3. The van der Waals surface area contributed by atoms with Crippen molar-refractivity contribution in [3.05, 3.63) is 0 Å². The van der Waals surface area contributed by atoms with Crippen LogP contribution in [0.25, 0.3) is 0 Å². The monoisotopic (exact) mass is 114 g/mol. The van der Waals surface area contributed by atoms with Crippen LogP contribution in [0, 0.1) is 5.41 Å². The van der Waals surface area contributed by atoms with Gasteiger partial charge in [0.1, 0.15) is 0 Å². The Morgan fingerprint density at radius 2 is 2.62 bits per heavy atom. The van der Waals surface area contributed by atoms with Crippen LogP contribution in [0.4, 0.5) is 0 Å². The summed E-state index contributed by atoms with van der Waals surface area (Å²) in [5, 5.41) is 12.8. The van der Waals surface area contributed by atoms with Crippen molar-refractivity contribution in [2.45, 2.75) is 0 Å². The summed E-state index contributed by atoms with van der Waals surface area (Å²) in [6.45, 7) is 0.556. The molecule has 0 amide bonds. The summed E-state index contributed by atoms with van der Waals surface area (Å²) < 4.78 is 0. The second kappa shape index (κ2) is 4.26. The third-order valence-electron chi connectivity index (χ3n) is 0.690. The summed E-state index contributed by atoms with van der Waals surface area (Å²) in [5.41, 5.74) is 0.549. The maximum Gasteiger partial charge on any atom is 0.0913 e. The van der Waals surface area contributed by atoms with E-state index in [-0.39, 0.29) is 0 Å². The van der Waals surface area contributed by atoms with E-state index in [0.717, 1.165) is 6.21 Å². The van der Waals surface area contributed by atoms with Crippen molar-refractivity contribution >= 4 is 11.9 Å². The van der Waals surface area contributed by atoms with E-state index in [9.17, 15) is 0 Å². The first-order valence-corrected chi connectivity index (χ1v) is 2.27. The van der Waals surface area contributed by atoms with Gasteiger partial charge in [0.2, 0.25) is 0 Å². The standard InChI is InChI=1S/C4H10N4/c1-7-3-4(2-5)8-6/h2,5,7H,3,6H2,1H3/b5-2?,8-4+. The van der Waals surface area contributed by atoms with Gasteiger partial charge in [0.05, 0.1) is 5.71 Å². The van der Waals surface area contributed by atoms with E-state index in [4.69, 9.17) is 11.3 Å². The fraction of sp³-hybridized carbons (Fsp3) is 0.500. The molecular weight excluding hydrogens is 104 g/mol. The van der Waals surface area contributed by atoms with Crippen LogP contribution < -0.4 is 11.2 Å². The largest absolute Gasteiger partial charge is 0.323 e. The Morgan fingerprint density at radius 3 is 2.75 bits per heavy atom. The normalized spacial score (nSPS) is 11.4. The van der Waals surface area contributed by atoms with E-state index in [0.29, 0.717) is 12.3 Å². The molecule has 0 atom stereocenters. The van der Waals surface area contributed by atoms with Gasteiger partial charge in [0.15, 0.2) is 0 Å². The minimum absolute atomic E-state index is 0.549. The number of hydrazone groups is 1. The van der Waals surface area contributed by atoms with Crippen molar-refractivity contribution in [1.29, 1.82) is 5.41 Å². The Bertz CT molecular complexity index is 96.2. The van der Waals surface area contributed by atoms with E-state index >= 15 is 0 Å². The highest BCUT2D eigenvalue weighted by Crippen LogP contribution is 1.62. The van der Waals surface area contributed by atoms with E-state index in [2.05, 4.69) is 10.4 Å². The van der Waals surface area contributed by atoms with Gasteiger partial charge < -0.3 is 16.6 Å². The first kappa shape index (κ1) is 7.10. The van der Waals surface area contributed by atoms with Gasteiger partial charge in [0, 0.05) is 12.8 Å². The average molecular weight is 114 g/mol. The lowest BCUT2D eigenvalue weighted by molar-refractivity contribution is 0.946. The van der Waals surface area contributed by atoms with Crippen molar-refractivity contribution in [2.24, 2.45) is 10.9 Å². The predicted octanol–water partition coefficient (Wildman–Crippen LogP) is -0.830. The molecule has 0 bridgehead atoms. The van der Waals surface area contributed by atoms with Crippen molar-refractivity contribution in [1.82, 2.24) is 5.32 Å². The second-order valence-corrected chi connectivity index (χ2v) is 1.30. The molecule has 46 valence electrons. The molecule has 0 unspecified atom stereocenters. The SMILES string of the molecule is CNC/C(C=N)=N/N. The maximum atomic E-state index is 6.69. The Labute approximate surface area is 48.3 Å². The molecule has 0 saturated heterocycles. The lowest BCUT2D eigenvalue weighted by atomic mass is 10.4. The highest BCUT2D eigenvalue weighted by atomic mass is 15.1. The van der Waals surface area contributed by atoms with Crippen LogP contribution in [0.3, 0.4) is 0 Å². The summed E-state index contributed by atoms with van der Waals surface area (Å²) in [6, 6.07) is 0. The summed E-state index contributed by atoms with van der Waals surface area (Å²) in [5.74, 6) is 4.87. The van der Waals surface area contributed by atoms with E-state index in [1.54, 1.807) is 7.05 Å². The minimum atomic E-state index is 0.549. The lowest BCUT2D eigenvalue weighted by Crippen LogP contribution is -2.20. The molecule has 0 aromatic heterocycles. The molecule has 0 aliphatic heterocycles. The number of nitrogens with two attached hydrogens (primary N) is 1. The molecule has 0 aliphatic carbocycles. The molecule has 8 heavy (non-hydrogen) atoms. The molecular formula is C4H10N4. The quantitative estimate of drug-likeness (QED) is 0.254. The summed E-state index contributed by atoms with van der Waals surface area (Å²) in [4.78, 5) is 0.